The van der Waals surface area contributed by atoms with Crippen LogP contribution in [0.25, 0.3) is 0 Å². The smallest absolute Gasteiger partial charge is 0.244 e. The van der Waals surface area contributed by atoms with E-state index in [1.807, 2.05) is 6.92 Å². The summed E-state index contributed by atoms with van der Waals surface area (Å²) in [5.41, 5.74) is 0.912. The highest BCUT2D eigenvalue weighted by Gasteiger charge is 2.32. The van der Waals surface area contributed by atoms with Gasteiger partial charge in [0.1, 0.15) is 4.90 Å². The summed E-state index contributed by atoms with van der Waals surface area (Å²) in [5, 5.41) is 9.61. The summed E-state index contributed by atoms with van der Waals surface area (Å²) in [4.78, 5) is 0.110. The van der Waals surface area contributed by atoms with E-state index in [1.54, 1.807) is 12.1 Å². The number of nitrogens with zero attached hydrogens (tertiary/aromatic N) is 1. The molecule has 4 nitrogen and oxygen atoms in total. The van der Waals surface area contributed by atoms with Crippen LogP contribution in [0.15, 0.2) is 23.1 Å². The molecule has 0 aliphatic carbocycles. The summed E-state index contributed by atoms with van der Waals surface area (Å²) in [6.07, 6.45) is -0.100. The first kappa shape index (κ1) is 12.8. The van der Waals surface area contributed by atoms with Crippen molar-refractivity contribution in [3.63, 3.8) is 0 Å². The fourth-order valence-corrected chi connectivity index (χ4v) is 3.95. The third kappa shape index (κ3) is 2.47. The molecule has 1 atom stereocenters. The zero-order chi connectivity index (χ0) is 12.6. The van der Waals surface area contributed by atoms with Crippen LogP contribution >= 0.6 is 11.6 Å². The maximum Gasteiger partial charge on any atom is 0.244 e. The lowest BCUT2D eigenvalue weighted by Crippen LogP contribution is -2.29. The Morgan fingerprint density at radius 1 is 1.47 bits per heavy atom. The molecule has 1 heterocycles. The maximum atomic E-state index is 12.2. The highest BCUT2D eigenvalue weighted by atomic mass is 35.5. The molecule has 1 saturated heterocycles. The third-order valence-electron chi connectivity index (χ3n) is 2.83. The SMILES string of the molecule is Cc1ccc(S(=O)(=O)N2CC[C@@H](O)C2)c(Cl)c1. The number of rotatable bonds is 2. The minimum atomic E-state index is -3.58. The predicted molar refractivity (Wildman–Crippen MR) is 65.6 cm³/mol. The number of halogens is 1. The van der Waals surface area contributed by atoms with Crippen LogP contribution in [0.4, 0.5) is 0 Å². The van der Waals surface area contributed by atoms with E-state index in [0.717, 1.165) is 5.56 Å². The molecule has 17 heavy (non-hydrogen) atoms. The molecule has 1 aliphatic rings. The third-order valence-corrected chi connectivity index (χ3v) is 5.18. The van der Waals surface area contributed by atoms with Crippen molar-refractivity contribution in [1.82, 2.24) is 4.31 Å². The van der Waals surface area contributed by atoms with Gasteiger partial charge in [0.2, 0.25) is 10.0 Å². The fourth-order valence-electron chi connectivity index (χ4n) is 1.88. The van der Waals surface area contributed by atoms with Gasteiger partial charge in [-0.05, 0) is 31.0 Å². The summed E-state index contributed by atoms with van der Waals surface area (Å²) >= 11 is 5.96. The molecule has 0 bridgehead atoms. The highest BCUT2D eigenvalue weighted by molar-refractivity contribution is 7.89. The molecule has 2 rings (SSSR count). The van der Waals surface area contributed by atoms with E-state index in [9.17, 15) is 13.5 Å². The van der Waals surface area contributed by atoms with Gasteiger partial charge in [0.15, 0.2) is 0 Å². The molecule has 1 aliphatic heterocycles. The lowest BCUT2D eigenvalue weighted by Gasteiger charge is -2.16. The van der Waals surface area contributed by atoms with Crippen molar-refractivity contribution in [3.8, 4) is 0 Å². The van der Waals surface area contributed by atoms with Crippen molar-refractivity contribution in [3.05, 3.63) is 28.8 Å². The molecule has 0 unspecified atom stereocenters. The van der Waals surface area contributed by atoms with E-state index >= 15 is 0 Å². The van der Waals surface area contributed by atoms with Gasteiger partial charge in [0.25, 0.3) is 0 Å². The van der Waals surface area contributed by atoms with Gasteiger partial charge in [0, 0.05) is 13.1 Å². The molecule has 0 amide bonds. The Balaban J connectivity index is 2.38. The summed E-state index contributed by atoms with van der Waals surface area (Å²) in [5.74, 6) is 0. The molecule has 1 aromatic rings. The molecule has 0 saturated carbocycles. The van der Waals surface area contributed by atoms with Crippen LogP contribution in [0.1, 0.15) is 12.0 Å². The Morgan fingerprint density at radius 3 is 2.71 bits per heavy atom. The van der Waals surface area contributed by atoms with Crippen molar-refractivity contribution in [2.75, 3.05) is 13.1 Å². The quantitative estimate of drug-likeness (QED) is 0.888. The fraction of sp³-hybridized carbons (Fsp3) is 0.455. The summed E-state index contributed by atoms with van der Waals surface area (Å²) in [7, 11) is -3.58. The average Bonchev–Trinajstić information content (AvgIpc) is 2.64. The highest BCUT2D eigenvalue weighted by Crippen LogP contribution is 2.27. The molecular weight excluding hydrogens is 262 g/mol. The van der Waals surface area contributed by atoms with Crippen molar-refractivity contribution < 1.29 is 13.5 Å². The first-order valence-corrected chi connectivity index (χ1v) is 7.17. The summed E-state index contributed by atoms with van der Waals surface area (Å²) in [6, 6.07) is 4.85. The molecule has 1 aromatic carbocycles. The molecule has 0 aromatic heterocycles. The number of β-amino-alcohol motifs (C(OH)–C–C–N with tert-alkyl or cyclic N) is 1. The van der Waals surface area contributed by atoms with Crippen LogP contribution < -0.4 is 0 Å². The predicted octanol–water partition coefficient (Wildman–Crippen LogP) is 1.40. The molecule has 1 fully saturated rings. The van der Waals surface area contributed by atoms with E-state index in [1.165, 1.54) is 10.4 Å². The van der Waals surface area contributed by atoms with E-state index in [-0.39, 0.29) is 16.5 Å². The summed E-state index contributed by atoms with van der Waals surface area (Å²) < 4.78 is 25.8. The van der Waals surface area contributed by atoms with Gasteiger partial charge >= 0.3 is 0 Å². The van der Waals surface area contributed by atoms with Gasteiger partial charge in [-0.3, -0.25) is 0 Å². The average molecular weight is 276 g/mol. The van der Waals surface area contributed by atoms with Gasteiger partial charge in [-0.15, -0.1) is 0 Å². The first-order valence-electron chi connectivity index (χ1n) is 5.35. The minimum Gasteiger partial charge on any atom is -0.392 e. The zero-order valence-electron chi connectivity index (χ0n) is 9.43. The molecule has 94 valence electrons. The van der Waals surface area contributed by atoms with Gasteiger partial charge in [0.05, 0.1) is 11.1 Å². The summed E-state index contributed by atoms with van der Waals surface area (Å²) in [6.45, 7) is 2.34. The number of sulfonamides is 1. The second-order valence-corrected chi connectivity index (χ2v) is 6.55. The number of hydrogen-bond donors (Lipinski definition) is 1. The molecule has 0 radical (unpaired) electrons. The van der Waals surface area contributed by atoms with Gasteiger partial charge in [-0.1, -0.05) is 17.7 Å². The lowest BCUT2D eigenvalue weighted by molar-refractivity contribution is 0.189. The van der Waals surface area contributed by atoms with Crippen LogP contribution in [0.5, 0.6) is 0 Å². The van der Waals surface area contributed by atoms with Crippen LogP contribution in [-0.4, -0.2) is 37.0 Å². The number of aryl methyl sites for hydroxylation is 1. The van der Waals surface area contributed by atoms with Crippen molar-refractivity contribution in [2.45, 2.75) is 24.3 Å². The van der Waals surface area contributed by atoms with E-state index < -0.39 is 16.1 Å². The van der Waals surface area contributed by atoms with Crippen molar-refractivity contribution >= 4 is 21.6 Å². The van der Waals surface area contributed by atoms with Crippen LogP contribution in [-0.2, 0) is 10.0 Å². The zero-order valence-corrected chi connectivity index (χ0v) is 11.0. The Morgan fingerprint density at radius 2 is 2.18 bits per heavy atom. The number of aliphatic hydroxyl groups excluding tert-OH is 1. The Kier molecular flexibility index (Phi) is 3.45. The number of hydrogen-bond acceptors (Lipinski definition) is 3. The first-order chi connectivity index (χ1) is 7.91. The van der Waals surface area contributed by atoms with Gasteiger partial charge < -0.3 is 5.11 Å². The maximum absolute atomic E-state index is 12.2. The largest absolute Gasteiger partial charge is 0.392 e. The van der Waals surface area contributed by atoms with Crippen LogP contribution in [0.3, 0.4) is 0 Å². The van der Waals surface area contributed by atoms with E-state index in [2.05, 4.69) is 0 Å². The second kappa shape index (κ2) is 4.57. The molecule has 0 spiro atoms. The van der Waals surface area contributed by atoms with Crippen molar-refractivity contribution in [1.29, 1.82) is 0 Å². The topological polar surface area (TPSA) is 57.6 Å². The lowest BCUT2D eigenvalue weighted by atomic mass is 10.2. The molecule has 6 heteroatoms. The number of aliphatic hydroxyl groups is 1. The van der Waals surface area contributed by atoms with E-state index in [0.29, 0.717) is 13.0 Å². The second-order valence-electron chi connectivity index (χ2n) is 4.24. The molecule has 1 N–H and O–H groups in total. The molecular formula is C11H14ClNO3S. The Labute approximate surface area is 106 Å². The van der Waals surface area contributed by atoms with E-state index in [4.69, 9.17) is 11.6 Å². The van der Waals surface area contributed by atoms with Gasteiger partial charge in [-0.2, -0.15) is 4.31 Å². The Bertz CT molecular complexity index is 530. The van der Waals surface area contributed by atoms with Crippen LogP contribution in [0.2, 0.25) is 5.02 Å². The van der Waals surface area contributed by atoms with Gasteiger partial charge in [-0.25, -0.2) is 8.42 Å². The normalized spacial score (nSPS) is 21.9. The Hall–Kier alpha value is -0.620. The number of benzene rings is 1. The van der Waals surface area contributed by atoms with Crippen molar-refractivity contribution in [2.24, 2.45) is 0 Å². The van der Waals surface area contributed by atoms with Crippen LogP contribution in [0, 0.1) is 6.92 Å². The minimum absolute atomic E-state index is 0.110. The monoisotopic (exact) mass is 275 g/mol. The standard InChI is InChI=1S/C11H14ClNO3S/c1-8-2-3-11(10(12)6-8)17(15,16)13-5-4-9(14)7-13/h2-3,6,9,14H,4-5,7H2,1H3/t9-/m1/s1.